The number of nitrogens with two attached hydrogens (primary N) is 1. The van der Waals surface area contributed by atoms with Crippen LogP contribution in [0, 0.1) is 5.41 Å². The summed E-state index contributed by atoms with van der Waals surface area (Å²) < 4.78 is 24.1. The third kappa shape index (κ3) is 6.89. The summed E-state index contributed by atoms with van der Waals surface area (Å²) in [5, 5.41) is 2.73. The van der Waals surface area contributed by atoms with E-state index in [1.54, 1.807) is 6.92 Å². The van der Waals surface area contributed by atoms with Crippen LogP contribution in [0.4, 0.5) is 0 Å². The fraction of sp³-hybridized carbons (Fsp3) is 0.917. The van der Waals surface area contributed by atoms with Gasteiger partial charge in [0.05, 0.1) is 12.3 Å². The summed E-state index contributed by atoms with van der Waals surface area (Å²) in [4.78, 5) is 11.7. The van der Waals surface area contributed by atoms with Crippen LogP contribution >= 0.6 is 0 Å². The maximum Gasteiger partial charge on any atom is 0.237 e. The third-order valence-electron chi connectivity index (χ3n) is 2.92. The summed E-state index contributed by atoms with van der Waals surface area (Å²) in [6.07, 6.45) is 1.76. The Morgan fingerprint density at radius 3 is 2.26 bits per heavy atom. The molecule has 0 aliphatic carbocycles. The van der Waals surface area contributed by atoms with E-state index in [2.05, 4.69) is 5.32 Å². The summed E-state index contributed by atoms with van der Waals surface area (Å²) in [5.74, 6) is -0.199. The van der Waals surface area contributed by atoms with Gasteiger partial charge in [-0.1, -0.05) is 27.7 Å². The predicted octanol–water partition coefficient (Wildman–Crippen LogP) is 0.148. The van der Waals surface area contributed by atoms with Crippen molar-refractivity contribution in [3.05, 3.63) is 0 Å². The van der Waals surface area contributed by atoms with Gasteiger partial charge in [0, 0.05) is 19.6 Å². The summed E-state index contributed by atoms with van der Waals surface area (Å²) >= 11 is 0. The Hall–Kier alpha value is -0.660. The molecule has 0 rings (SSSR count). The number of sulfonamides is 1. The van der Waals surface area contributed by atoms with Crippen molar-refractivity contribution in [3.63, 3.8) is 0 Å². The van der Waals surface area contributed by atoms with Crippen LogP contribution in [-0.4, -0.2) is 50.6 Å². The molecule has 0 saturated carbocycles. The molecule has 114 valence electrons. The van der Waals surface area contributed by atoms with E-state index in [4.69, 9.17) is 5.73 Å². The second kappa shape index (κ2) is 7.21. The molecule has 0 radical (unpaired) electrons. The van der Waals surface area contributed by atoms with Gasteiger partial charge >= 0.3 is 0 Å². The van der Waals surface area contributed by atoms with E-state index in [0.717, 1.165) is 0 Å². The summed E-state index contributed by atoms with van der Waals surface area (Å²) in [6.45, 7) is 8.76. The molecule has 0 bridgehead atoms. The molecule has 3 N–H and O–H groups in total. The molecule has 0 unspecified atom stereocenters. The van der Waals surface area contributed by atoms with E-state index in [-0.39, 0.29) is 11.3 Å². The zero-order valence-electron chi connectivity index (χ0n) is 12.6. The fourth-order valence-corrected chi connectivity index (χ4v) is 2.46. The topological polar surface area (TPSA) is 92.5 Å². The van der Waals surface area contributed by atoms with Crippen LogP contribution in [0.3, 0.4) is 0 Å². The van der Waals surface area contributed by atoms with Crippen molar-refractivity contribution in [3.8, 4) is 0 Å². The second-order valence-electron chi connectivity index (χ2n) is 5.74. The standard InChI is InChI=1S/C12H27N3O3S/c1-6-15(19(5,17)18)9-7-8-14-11(16)10(13)12(2,3)4/h10H,6-9,13H2,1-5H3,(H,14,16)/t10-/m1/s1. The van der Waals surface area contributed by atoms with E-state index in [1.165, 1.54) is 10.6 Å². The van der Waals surface area contributed by atoms with Crippen LogP contribution in [0.1, 0.15) is 34.1 Å². The number of nitrogens with zero attached hydrogens (tertiary/aromatic N) is 1. The molecule has 1 amide bonds. The van der Waals surface area contributed by atoms with Crippen molar-refractivity contribution < 1.29 is 13.2 Å². The maximum absolute atomic E-state index is 11.7. The lowest BCUT2D eigenvalue weighted by molar-refractivity contribution is -0.124. The highest BCUT2D eigenvalue weighted by Crippen LogP contribution is 2.17. The first-order valence-electron chi connectivity index (χ1n) is 6.48. The molecule has 0 spiro atoms. The van der Waals surface area contributed by atoms with Crippen LogP contribution < -0.4 is 11.1 Å². The Morgan fingerprint density at radius 1 is 1.37 bits per heavy atom. The van der Waals surface area contributed by atoms with Crippen LogP contribution in [0.15, 0.2) is 0 Å². The fourth-order valence-electron chi connectivity index (χ4n) is 1.53. The lowest BCUT2D eigenvalue weighted by Crippen LogP contribution is -2.49. The first-order chi connectivity index (χ1) is 8.50. The van der Waals surface area contributed by atoms with Gasteiger partial charge in [0.15, 0.2) is 0 Å². The Morgan fingerprint density at radius 2 is 1.89 bits per heavy atom. The molecule has 6 nitrogen and oxygen atoms in total. The lowest BCUT2D eigenvalue weighted by atomic mass is 9.87. The molecule has 7 heteroatoms. The van der Waals surface area contributed by atoms with E-state index in [1.807, 2.05) is 20.8 Å². The van der Waals surface area contributed by atoms with Gasteiger partial charge in [0.1, 0.15) is 0 Å². The number of carbonyl (C=O) groups is 1. The maximum atomic E-state index is 11.7. The van der Waals surface area contributed by atoms with Crippen LogP contribution in [0.2, 0.25) is 0 Å². The van der Waals surface area contributed by atoms with E-state index in [0.29, 0.717) is 26.1 Å². The smallest absolute Gasteiger partial charge is 0.237 e. The van der Waals surface area contributed by atoms with Crippen LogP contribution in [0.25, 0.3) is 0 Å². The third-order valence-corrected chi connectivity index (χ3v) is 4.30. The van der Waals surface area contributed by atoms with Crippen LogP contribution in [-0.2, 0) is 14.8 Å². The van der Waals surface area contributed by atoms with Gasteiger partial charge in [0.2, 0.25) is 15.9 Å². The van der Waals surface area contributed by atoms with Crippen molar-refractivity contribution in [2.45, 2.75) is 40.2 Å². The highest BCUT2D eigenvalue weighted by molar-refractivity contribution is 7.88. The number of amides is 1. The number of rotatable bonds is 7. The van der Waals surface area contributed by atoms with E-state index >= 15 is 0 Å². The molecule has 0 aromatic carbocycles. The molecule has 0 aliphatic rings. The van der Waals surface area contributed by atoms with E-state index < -0.39 is 16.1 Å². The second-order valence-corrected chi connectivity index (χ2v) is 7.73. The Balaban J connectivity index is 4.09. The van der Waals surface area contributed by atoms with Crippen molar-refractivity contribution in [2.24, 2.45) is 11.1 Å². The largest absolute Gasteiger partial charge is 0.355 e. The van der Waals surface area contributed by atoms with Crippen molar-refractivity contribution >= 4 is 15.9 Å². The molecule has 0 saturated heterocycles. The number of hydrogen-bond donors (Lipinski definition) is 2. The minimum absolute atomic E-state index is 0.199. The molecular weight excluding hydrogens is 266 g/mol. The van der Waals surface area contributed by atoms with Crippen molar-refractivity contribution in [1.29, 1.82) is 0 Å². The molecule has 0 aromatic heterocycles. The highest BCUT2D eigenvalue weighted by atomic mass is 32.2. The molecule has 0 heterocycles. The van der Waals surface area contributed by atoms with Crippen molar-refractivity contribution in [1.82, 2.24) is 9.62 Å². The highest BCUT2D eigenvalue weighted by Gasteiger charge is 2.27. The Kier molecular flexibility index (Phi) is 6.96. The van der Waals surface area contributed by atoms with Crippen LogP contribution in [0.5, 0.6) is 0 Å². The van der Waals surface area contributed by atoms with Gasteiger partial charge in [0.25, 0.3) is 0 Å². The molecule has 0 aromatic rings. The van der Waals surface area contributed by atoms with E-state index in [9.17, 15) is 13.2 Å². The minimum Gasteiger partial charge on any atom is -0.355 e. The number of carbonyl (C=O) groups excluding carboxylic acids is 1. The number of hydrogen-bond acceptors (Lipinski definition) is 4. The Labute approximate surface area is 116 Å². The zero-order chi connectivity index (χ0) is 15.3. The summed E-state index contributed by atoms with van der Waals surface area (Å²) in [6, 6.07) is -0.565. The zero-order valence-corrected chi connectivity index (χ0v) is 13.4. The van der Waals surface area contributed by atoms with Gasteiger partial charge in [-0.05, 0) is 11.8 Å². The quantitative estimate of drug-likeness (QED) is 0.653. The summed E-state index contributed by atoms with van der Waals surface area (Å²) in [5.41, 5.74) is 5.53. The van der Waals surface area contributed by atoms with Gasteiger partial charge < -0.3 is 11.1 Å². The SMILES string of the molecule is CCN(CCCNC(=O)[C@@H](N)C(C)(C)C)S(C)(=O)=O. The van der Waals surface area contributed by atoms with Gasteiger partial charge in [-0.15, -0.1) is 0 Å². The van der Waals surface area contributed by atoms with Gasteiger partial charge in [-0.2, -0.15) is 0 Å². The van der Waals surface area contributed by atoms with Gasteiger partial charge in [-0.3, -0.25) is 4.79 Å². The molecule has 0 fully saturated rings. The predicted molar refractivity (Wildman–Crippen MR) is 77.1 cm³/mol. The Bertz CT molecular complexity index is 388. The minimum atomic E-state index is -3.16. The average molecular weight is 293 g/mol. The molecule has 1 atom stereocenters. The normalized spacial score (nSPS) is 14.5. The molecule has 0 aliphatic heterocycles. The molecule has 19 heavy (non-hydrogen) atoms. The van der Waals surface area contributed by atoms with Gasteiger partial charge in [-0.25, -0.2) is 12.7 Å². The van der Waals surface area contributed by atoms with Crippen molar-refractivity contribution in [2.75, 3.05) is 25.9 Å². The summed E-state index contributed by atoms with van der Waals surface area (Å²) in [7, 11) is -3.16. The lowest BCUT2D eigenvalue weighted by Gasteiger charge is -2.26. The first-order valence-corrected chi connectivity index (χ1v) is 8.33. The first kappa shape index (κ1) is 18.3. The monoisotopic (exact) mass is 293 g/mol. The molecular formula is C12H27N3O3S. The average Bonchev–Trinajstić information content (AvgIpc) is 2.24. The number of nitrogens with one attached hydrogen (secondary N) is 1.